The molecule has 7 heteroatoms. The summed E-state index contributed by atoms with van der Waals surface area (Å²) in [6, 6.07) is 0.414. The maximum atomic E-state index is 11.7. The lowest BCUT2D eigenvalue weighted by Crippen LogP contribution is -2.55. The van der Waals surface area contributed by atoms with Crippen molar-refractivity contribution in [2.24, 2.45) is 5.73 Å². The molecule has 1 amide bonds. The van der Waals surface area contributed by atoms with Crippen molar-refractivity contribution in [2.75, 3.05) is 31.1 Å². The number of nitrogens with one attached hydrogen (secondary N) is 1. The molecule has 1 saturated heterocycles. The SMILES string of the molecule is CC(CCN1CCCS(=O)(=O)CC1)(NC1CC1)C(N)=O. The van der Waals surface area contributed by atoms with Gasteiger partial charge in [-0.3, -0.25) is 4.79 Å². The normalized spacial score (nSPS) is 26.6. The van der Waals surface area contributed by atoms with E-state index < -0.39 is 15.4 Å². The van der Waals surface area contributed by atoms with E-state index >= 15 is 0 Å². The van der Waals surface area contributed by atoms with E-state index in [0.717, 1.165) is 19.4 Å². The zero-order valence-electron chi connectivity index (χ0n) is 12.1. The van der Waals surface area contributed by atoms with Gasteiger partial charge in [-0.1, -0.05) is 0 Å². The van der Waals surface area contributed by atoms with Gasteiger partial charge in [0.2, 0.25) is 5.91 Å². The summed E-state index contributed by atoms with van der Waals surface area (Å²) in [7, 11) is -2.88. The molecular formula is C13H25N3O3S. The zero-order chi connectivity index (χ0) is 14.8. The fraction of sp³-hybridized carbons (Fsp3) is 0.923. The first-order chi connectivity index (χ1) is 9.31. The van der Waals surface area contributed by atoms with Crippen LogP contribution >= 0.6 is 0 Å². The van der Waals surface area contributed by atoms with Gasteiger partial charge < -0.3 is 16.0 Å². The van der Waals surface area contributed by atoms with E-state index in [9.17, 15) is 13.2 Å². The number of sulfone groups is 1. The fourth-order valence-corrected chi connectivity index (χ4v) is 3.85. The number of nitrogens with two attached hydrogens (primary N) is 1. The van der Waals surface area contributed by atoms with Gasteiger partial charge in [-0.2, -0.15) is 0 Å². The molecule has 2 fully saturated rings. The van der Waals surface area contributed by atoms with Crippen LogP contribution in [0.5, 0.6) is 0 Å². The number of rotatable bonds is 6. The molecule has 0 radical (unpaired) electrons. The Morgan fingerprint density at radius 3 is 2.65 bits per heavy atom. The van der Waals surface area contributed by atoms with Crippen LogP contribution in [0.3, 0.4) is 0 Å². The van der Waals surface area contributed by atoms with E-state index in [1.165, 1.54) is 0 Å². The molecule has 6 nitrogen and oxygen atoms in total. The molecule has 1 aliphatic heterocycles. The molecule has 0 aromatic heterocycles. The van der Waals surface area contributed by atoms with Gasteiger partial charge in [0.15, 0.2) is 9.84 Å². The van der Waals surface area contributed by atoms with Gasteiger partial charge in [0.05, 0.1) is 17.0 Å². The Kier molecular flexibility index (Phi) is 4.71. The third kappa shape index (κ3) is 4.43. The monoisotopic (exact) mass is 303 g/mol. The van der Waals surface area contributed by atoms with Crippen LogP contribution in [-0.2, 0) is 14.6 Å². The molecule has 2 aliphatic rings. The molecule has 1 aliphatic carbocycles. The molecule has 1 heterocycles. The number of hydrogen-bond acceptors (Lipinski definition) is 5. The van der Waals surface area contributed by atoms with Crippen molar-refractivity contribution in [1.82, 2.24) is 10.2 Å². The summed E-state index contributed by atoms with van der Waals surface area (Å²) in [6.07, 6.45) is 3.50. The molecule has 0 bridgehead atoms. The van der Waals surface area contributed by atoms with Crippen molar-refractivity contribution in [1.29, 1.82) is 0 Å². The molecule has 0 aromatic carbocycles. The lowest BCUT2D eigenvalue weighted by Gasteiger charge is -2.30. The number of primary amides is 1. The van der Waals surface area contributed by atoms with Crippen LogP contribution in [0.15, 0.2) is 0 Å². The van der Waals surface area contributed by atoms with E-state index in [2.05, 4.69) is 10.2 Å². The number of nitrogens with zero attached hydrogens (tertiary/aromatic N) is 1. The minimum atomic E-state index is -2.88. The summed E-state index contributed by atoms with van der Waals surface area (Å²) in [5.74, 6) is 0.166. The third-order valence-corrected chi connectivity index (χ3v) is 5.94. The fourth-order valence-electron chi connectivity index (χ4n) is 2.54. The van der Waals surface area contributed by atoms with Crippen molar-refractivity contribution in [3.05, 3.63) is 0 Å². The Hall–Kier alpha value is -0.660. The van der Waals surface area contributed by atoms with Crippen LogP contribution in [0.1, 0.15) is 32.6 Å². The molecule has 0 aromatic rings. The molecule has 116 valence electrons. The highest BCUT2D eigenvalue weighted by molar-refractivity contribution is 7.91. The van der Waals surface area contributed by atoms with Crippen LogP contribution in [0.25, 0.3) is 0 Å². The van der Waals surface area contributed by atoms with Gasteiger partial charge in [-0.05, 0) is 39.2 Å². The lowest BCUT2D eigenvalue weighted by atomic mass is 9.96. The van der Waals surface area contributed by atoms with Gasteiger partial charge in [-0.25, -0.2) is 8.42 Å². The van der Waals surface area contributed by atoms with Gasteiger partial charge in [0.1, 0.15) is 0 Å². The first-order valence-electron chi connectivity index (χ1n) is 7.31. The highest BCUT2D eigenvalue weighted by atomic mass is 32.2. The summed E-state index contributed by atoms with van der Waals surface area (Å²) in [6.45, 7) is 3.88. The molecule has 1 saturated carbocycles. The molecule has 1 unspecified atom stereocenters. The van der Waals surface area contributed by atoms with E-state index in [1.54, 1.807) is 0 Å². The maximum absolute atomic E-state index is 11.7. The van der Waals surface area contributed by atoms with Crippen LogP contribution in [-0.4, -0.2) is 61.9 Å². The summed E-state index contributed by atoms with van der Waals surface area (Å²) in [4.78, 5) is 13.8. The topological polar surface area (TPSA) is 92.5 Å². The first kappa shape index (κ1) is 15.7. The van der Waals surface area contributed by atoms with Crippen molar-refractivity contribution in [2.45, 2.75) is 44.2 Å². The van der Waals surface area contributed by atoms with Crippen molar-refractivity contribution >= 4 is 15.7 Å². The molecule has 20 heavy (non-hydrogen) atoms. The highest BCUT2D eigenvalue weighted by Crippen LogP contribution is 2.24. The Bertz CT molecular complexity index is 461. The Morgan fingerprint density at radius 1 is 1.35 bits per heavy atom. The highest BCUT2D eigenvalue weighted by Gasteiger charge is 2.37. The van der Waals surface area contributed by atoms with E-state index in [0.29, 0.717) is 32.0 Å². The molecule has 0 spiro atoms. The van der Waals surface area contributed by atoms with Crippen LogP contribution in [0.4, 0.5) is 0 Å². The van der Waals surface area contributed by atoms with Gasteiger partial charge in [0, 0.05) is 19.1 Å². The standard InChI is InChI=1S/C13H25N3O3S/c1-13(12(14)17,15-11-3-4-11)5-7-16-6-2-9-20(18,19)10-8-16/h11,15H,2-10H2,1H3,(H2,14,17). The van der Waals surface area contributed by atoms with E-state index in [4.69, 9.17) is 5.73 Å². The number of carbonyl (C=O) groups is 1. The van der Waals surface area contributed by atoms with Gasteiger partial charge >= 0.3 is 0 Å². The molecule has 2 rings (SSSR count). The number of amides is 1. The zero-order valence-corrected chi connectivity index (χ0v) is 12.9. The average Bonchev–Trinajstić information content (AvgIpc) is 3.15. The first-order valence-corrected chi connectivity index (χ1v) is 9.13. The summed E-state index contributed by atoms with van der Waals surface area (Å²) >= 11 is 0. The Balaban J connectivity index is 1.87. The van der Waals surface area contributed by atoms with Crippen LogP contribution in [0.2, 0.25) is 0 Å². The third-order valence-electron chi connectivity index (χ3n) is 4.22. The van der Waals surface area contributed by atoms with Crippen molar-refractivity contribution in [3.63, 3.8) is 0 Å². The van der Waals surface area contributed by atoms with Crippen molar-refractivity contribution in [3.8, 4) is 0 Å². The summed E-state index contributed by atoms with van der Waals surface area (Å²) in [5, 5.41) is 3.32. The minimum absolute atomic E-state index is 0.219. The summed E-state index contributed by atoms with van der Waals surface area (Å²) in [5.41, 5.74) is 4.83. The maximum Gasteiger partial charge on any atom is 0.237 e. The molecule has 3 N–H and O–H groups in total. The Labute approximate surface area is 121 Å². The predicted octanol–water partition coefficient (Wildman–Crippen LogP) is -0.507. The van der Waals surface area contributed by atoms with Crippen LogP contribution in [0, 0.1) is 0 Å². The second-order valence-electron chi connectivity index (χ2n) is 6.21. The predicted molar refractivity (Wildman–Crippen MR) is 78.1 cm³/mol. The lowest BCUT2D eigenvalue weighted by molar-refractivity contribution is -0.124. The quantitative estimate of drug-likeness (QED) is 0.690. The smallest absolute Gasteiger partial charge is 0.237 e. The number of hydrogen-bond donors (Lipinski definition) is 2. The second kappa shape index (κ2) is 5.99. The van der Waals surface area contributed by atoms with Crippen molar-refractivity contribution < 1.29 is 13.2 Å². The van der Waals surface area contributed by atoms with E-state index in [-0.39, 0.29) is 17.4 Å². The molecule has 1 atom stereocenters. The Morgan fingerprint density at radius 2 is 2.05 bits per heavy atom. The van der Waals surface area contributed by atoms with Gasteiger partial charge in [-0.15, -0.1) is 0 Å². The van der Waals surface area contributed by atoms with Gasteiger partial charge in [0.25, 0.3) is 0 Å². The average molecular weight is 303 g/mol. The van der Waals surface area contributed by atoms with Crippen LogP contribution < -0.4 is 11.1 Å². The van der Waals surface area contributed by atoms with E-state index in [1.807, 2.05) is 6.92 Å². The largest absolute Gasteiger partial charge is 0.368 e. The molecular weight excluding hydrogens is 278 g/mol. The minimum Gasteiger partial charge on any atom is -0.368 e. The number of carbonyl (C=O) groups excluding carboxylic acids is 1. The second-order valence-corrected chi connectivity index (χ2v) is 8.52. The summed E-state index contributed by atoms with van der Waals surface area (Å²) < 4.78 is 23.1.